The Kier molecular flexibility index (Phi) is 5.49. The Balaban J connectivity index is 1.36. The molecular formula is C23H22ClN3O2. The van der Waals surface area contributed by atoms with Crippen molar-refractivity contribution in [2.45, 2.75) is 19.8 Å². The number of anilines is 1. The summed E-state index contributed by atoms with van der Waals surface area (Å²) in [6.07, 6.45) is 0.995. The van der Waals surface area contributed by atoms with Crippen LogP contribution in [0, 0.1) is 12.8 Å². The maximum absolute atomic E-state index is 12.7. The van der Waals surface area contributed by atoms with E-state index in [0.717, 1.165) is 34.3 Å². The molecule has 1 aliphatic rings. The highest BCUT2D eigenvalue weighted by molar-refractivity contribution is 6.30. The lowest BCUT2D eigenvalue weighted by Crippen LogP contribution is -2.30. The number of carbonyl (C=O) groups is 2. The van der Waals surface area contributed by atoms with Gasteiger partial charge in [-0.15, -0.1) is 0 Å². The van der Waals surface area contributed by atoms with Crippen molar-refractivity contribution in [2.75, 3.05) is 18.4 Å². The van der Waals surface area contributed by atoms with Crippen LogP contribution in [0.25, 0.3) is 10.9 Å². The third-order valence-electron chi connectivity index (χ3n) is 5.26. The molecule has 0 radical (unpaired) electrons. The second-order valence-corrected chi connectivity index (χ2v) is 7.90. The number of likely N-dealkylation sites (tertiary alicyclic amines) is 1. The van der Waals surface area contributed by atoms with E-state index in [4.69, 9.17) is 11.6 Å². The normalized spacial score (nSPS) is 16.4. The number of hydrogen-bond acceptors (Lipinski definition) is 3. The van der Waals surface area contributed by atoms with Crippen LogP contribution in [0.15, 0.2) is 54.6 Å². The molecule has 1 N–H and O–H groups in total. The molecule has 148 valence electrons. The number of nitrogens with zero attached hydrogens (tertiary/aromatic N) is 2. The van der Waals surface area contributed by atoms with Crippen LogP contribution in [-0.2, 0) is 16.0 Å². The lowest BCUT2D eigenvalue weighted by molar-refractivity contribution is -0.128. The van der Waals surface area contributed by atoms with E-state index in [2.05, 4.69) is 10.3 Å². The topological polar surface area (TPSA) is 62.3 Å². The zero-order valence-electron chi connectivity index (χ0n) is 16.2. The van der Waals surface area contributed by atoms with Crippen molar-refractivity contribution in [1.29, 1.82) is 0 Å². The SMILES string of the molecule is Cc1ccc2cc(NC(=O)C3CC(=O)N(CCc4ccc(Cl)cc4)C3)ccc2n1. The maximum atomic E-state index is 12.7. The first kappa shape index (κ1) is 19.4. The fraction of sp³-hybridized carbons (Fsp3) is 0.261. The van der Waals surface area contributed by atoms with Crippen molar-refractivity contribution in [3.63, 3.8) is 0 Å². The smallest absolute Gasteiger partial charge is 0.229 e. The van der Waals surface area contributed by atoms with Crippen molar-refractivity contribution in [3.05, 3.63) is 70.9 Å². The van der Waals surface area contributed by atoms with Crippen LogP contribution in [0.2, 0.25) is 5.02 Å². The van der Waals surface area contributed by atoms with Crippen LogP contribution in [-0.4, -0.2) is 34.8 Å². The highest BCUT2D eigenvalue weighted by atomic mass is 35.5. The molecule has 29 heavy (non-hydrogen) atoms. The van der Waals surface area contributed by atoms with Crippen LogP contribution in [0.4, 0.5) is 5.69 Å². The summed E-state index contributed by atoms with van der Waals surface area (Å²) in [4.78, 5) is 31.3. The van der Waals surface area contributed by atoms with Gasteiger partial charge in [0.05, 0.1) is 11.4 Å². The molecule has 6 heteroatoms. The van der Waals surface area contributed by atoms with Crippen molar-refractivity contribution >= 4 is 40.0 Å². The summed E-state index contributed by atoms with van der Waals surface area (Å²) >= 11 is 5.91. The minimum absolute atomic E-state index is 0.0253. The van der Waals surface area contributed by atoms with Crippen LogP contribution in [0.5, 0.6) is 0 Å². The first-order valence-electron chi connectivity index (χ1n) is 9.68. The maximum Gasteiger partial charge on any atom is 0.229 e. The summed E-state index contributed by atoms with van der Waals surface area (Å²) in [6, 6.07) is 17.2. The van der Waals surface area contributed by atoms with E-state index < -0.39 is 0 Å². The van der Waals surface area contributed by atoms with E-state index in [0.29, 0.717) is 18.1 Å². The van der Waals surface area contributed by atoms with E-state index in [1.807, 2.05) is 61.5 Å². The van der Waals surface area contributed by atoms with Crippen LogP contribution in [0.1, 0.15) is 17.7 Å². The van der Waals surface area contributed by atoms with Crippen LogP contribution in [0.3, 0.4) is 0 Å². The molecule has 2 heterocycles. The Bertz CT molecular complexity index is 1070. The van der Waals surface area contributed by atoms with Gasteiger partial charge in [0.2, 0.25) is 11.8 Å². The Labute approximate surface area is 174 Å². The summed E-state index contributed by atoms with van der Waals surface area (Å²) in [6.45, 7) is 3.00. The number of amides is 2. The van der Waals surface area contributed by atoms with Crippen LogP contribution < -0.4 is 5.32 Å². The molecule has 0 spiro atoms. The van der Waals surface area contributed by atoms with Gasteiger partial charge in [0.15, 0.2) is 0 Å². The zero-order valence-corrected chi connectivity index (χ0v) is 16.9. The van der Waals surface area contributed by atoms with Crippen molar-refractivity contribution < 1.29 is 9.59 Å². The van der Waals surface area contributed by atoms with Gasteiger partial charge in [0.1, 0.15) is 0 Å². The number of fused-ring (bicyclic) bond motifs is 1. The fourth-order valence-corrected chi connectivity index (χ4v) is 3.75. The number of carbonyl (C=O) groups excluding carboxylic acids is 2. The molecule has 0 aliphatic carbocycles. The summed E-state index contributed by atoms with van der Waals surface area (Å²) < 4.78 is 0. The fourth-order valence-electron chi connectivity index (χ4n) is 3.63. The van der Waals surface area contributed by atoms with Gasteiger partial charge in [-0.25, -0.2) is 0 Å². The third-order valence-corrected chi connectivity index (χ3v) is 5.52. The predicted octanol–water partition coefficient (Wildman–Crippen LogP) is 4.23. The quantitative estimate of drug-likeness (QED) is 0.688. The minimum Gasteiger partial charge on any atom is -0.342 e. The molecule has 0 bridgehead atoms. The van der Waals surface area contributed by atoms with Gasteiger partial charge >= 0.3 is 0 Å². The van der Waals surface area contributed by atoms with E-state index >= 15 is 0 Å². The highest BCUT2D eigenvalue weighted by Gasteiger charge is 2.34. The van der Waals surface area contributed by atoms with Gasteiger partial charge in [-0.3, -0.25) is 14.6 Å². The summed E-state index contributed by atoms with van der Waals surface area (Å²) in [5.74, 6) is -0.427. The van der Waals surface area contributed by atoms with E-state index in [1.54, 1.807) is 4.90 Å². The van der Waals surface area contributed by atoms with Gasteiger partial charge in [-0.1, -0.05) is 29.8 Å². The predicted molar refractivity (Wildman–Crippen MR) is 115 cm³/mol. The average Bonchev–Trinajstić information content (AvgIpc) is 3.08. The molecular weight excluding hydrogens is 386 g/mol. The zero-order chi connectivity index (χ0) is 20.4. The second kappa shape index (κ2) is 8.21. The van der Waals surface area contributed by atoms with E-state index in [-0.39, 0.29) is 24.2 Å². The molecule has 1 saturated heterocycles. The Morgan fingerprint density at radius 2 is 1.97 bits per heavy atom. The van der Waals surface area contributed by atoms with Crippen molar-refractivity contribution in [1.82, 2.24) is 9.88 Å². The molecule has 1 unspecified atom stereocenters. The monoisotopic (exact) mass is 407 g/mol. The molecule has 1 aromatic heterocycles. The Morgan fingerprint density at radius 1 is 1.17 bits per heavy atom. The second-order valence-electron chi connectivity index (χ2n) is 7.47. The highest BCUT2D eigenvalue weighted by Crippen LogP contribution is 2.23. The van der Waals surface area contributed by atoms with E-state index in [1.165, 1.54) is 0 Å². The first-order valence-corrected chi connectivity index (χ1v) is 10.1. The van der Waals surface area contributed by atoms with Crippen LogP contribution >= 0.6 is 11.6 Å². The number of hydrogen-bond donors (Lipinski definition) is 1. The Hall–Kier alpha value is -2.92. The number of pyridine rings is 1. The first-order chi connectivity index (χ1) is 14.0. The van der Waals surface area contributed by atoms with Crippen molar-refractivity contribution in [2.24, 2.45) is 5.92 Å². The van der Waals surface area contributed by atoms with E-state index in [9.17, 15) is 9.59 Å². The number of nitrogens with one attached hydrogen (secondary N) is 1. The summed E-state index contributed by atoms with van der Waals surface area (Å²) in [5.41, 5.74) is 3.69. The van der Waals surface area contributed by atoms with Gasteiger partial charge in [0, 0.05) is 41.3 Å². The molecule has 3 aromatic rings. The molecule has 1 aliphatic heterocycles. The number of aromatic nitrogens is 1. The largest absolute Gasteiger partial charge is 0.342 e. The van der Waals surface area contributed by atoms with Crippen molar-refractivity contribution in [3.8, 4) is 0 Å². The molecule has 1 atom stereocenters. The average molecular weight is 408 g/mol. The van der Waals surface area contributed by atoms with Gasteiger partial charge in [-0.05, 0) is 55.3 Å². The number of rotatable bonds is 5. The lowest BCUT2D eigenvalue weighted by atomic mass is 10.1. The molecule has 5 nitrogen and oxygen atoms in total. The molecule has 0 saturated carbocycles. The van der Waals surface area contributed by atoms with Gasteiger partial charge < -0.3 is 10.2 Å². The van der Waals surface area contributed by atoms with Gasteiger partial charge in [0.25, 0.3) is 0 Å². The summed E-state index contributed by atoms with van der Waals surface area (Å²) in [5, 5.41) is 4.62. The Morgan fingerprint density at radius 3 is 2.76 bits per heavy atom. The molecule has 4 rings (SSSR count). The number of aryl methyl sites for hydroxylation is 1. The lowest BCUT2D eigenvalue weighted by Gasteiger charge is -2.16. The third kappa shape index (κ3) is 4.57. The molecule has 1 fully saturated rings. The minimum atomic E-state index is -0.334. The number of halogens is 1. The standard InChI is InChI=1S/C23H22ClN3O2/c1-15-2-5-17-12-20(8-9-21(17)25-15)26-23(29)18-13-22(28)27(14-18)11-10-16-3-6-19(24)7-4-16/h2-9,12,18H,10-11,13-14H2,1H3,(H,26,29). The summed E-state index contributed by atoms with van der Waals surface area (Å²) in [7, 11) is 0. The molecule has 2 aromatic carbocycles. The molecule has 2 amide bonds. The van der Waals surface area contributed by atoms with Gasteiger partial charge in [-0.2, -0.15) is 0 Å². The number of benzene rings is 2.